The summed E-state index contributed by atoms with van der Waals surface area (Å²) in [7, 11) is 4.47. The van der Waals surface area contributed by atoms with Gasteiger partial charge in [0.15, 0.2) is 11.5 Å². The minimum atomic E-state index is -0.387. The van der Waals surface area contributed by atoms with Gasteiger partial charge >= 0.3 is 0 Å². The summed E-state index contributed by atoms with van der Waals surface area (Å²) in [6, 6.07) is 10.2. The number of nitrogens with one attached hydrogen (secondary N) is 1. The maximum atomic E-state index is 13.1. The van der Waals surface area contributed by atoms with Crippen molar-refractivity contribution in [3.63, 3.8) is 0 Å². The first-order chi connectivity index (χ1) is 16.5. The van der Waals surface area contributed by atoms with Gasteiger partial charge in [-0.3, -0.25) is 14.2 Å². The zero-order chi connectivity index (χ0) is 24.2. The number of hydrogen-bond donors (Lipinski definition) is 1. The topological polar surface area (TPSA) is 118 Å². The van der Waals surface area contributed by atoms with Crippen LogP contribution in [0.5, 0.6) is 17.2 Å². The van der Waals surface area contributed by atoms with E-state index in [1.807, 2.05) is 0 Å². The van der Waals surface area contributed by atoms with Gasteiger partial charge in [0.2, 0.25) is 11.7 Å². The number of rotatable bonds is 8. The van der Waals surface area contributed by atoms with Crippen LogP contribution in [0, 0.1) is 0 Å². The Labute approximate surface area is 199 Å². The summed E-state index contributed by atoms with van der Waals surface area (Å²) < 4.78 is 22.4. The summed E-state index contributed by atoms with van der Waals surface area (Å²) in [6.07, 6.45) is 1.33. The maximum absolute atomic E-state index is 13.1. The van der Waals surface area contributed by atoms with E-state index in [-0.39, 0.29) is 35.5 Å². The minimum Gasteiger partial charge on any atom is -0.493 e. The normalized spacial score (nSPS) is 10.8. The highest BCUT2D eigenvalue weighted by atomic mass is 35.5. The summed E-state index contributed by atoms with van der Waals surface area (Å²) in [6.45, 7) is 0.0885. The van der Waals surface area contributed by atoms with Gasteiger partial charge in [0.05, 0.1) is 26.4 Å². The SMILES string of the molecule is COc1cc(NC(=O)CCn2cnc3onc(-c4ccccc4Cl)c3c2=O)cc(OC)c1OC. The van der Waals surface area contributed by atoms with Crippen LogP contribution >= 0.6 is 11.6 Å². The van der Waals surface area contributed by atoms with Crippen LogP contribution in [0.4, 0.5) is 5.69 Å². The summed E-state index contributed by atoms with van der Waals surface area (Å²) in [5.74, 6) is 0.903. The Balaban J connectivity index is 1.55. The van der Waals surface area contributed by atoms with Crippen molar-refractivity contribution in [3.05, 3.63) is 58.1 Å². The first-order valence-corrected chi connectivity index (χ1v) is 10.5. The summed E-state index contributed by atoms with van der Waals surface area (Å²) >= 11 is 6.26. The third-order valence-corrected chi connectivity index (χ3v) is 5.45. The van der Waals surface area contributed by atoms with Crippen molar-refractivity contribution in [2.24, 2.45) is 0 Å². The number of ether oxygens (including phenoxy) is 3. The molecule has 2 aromatic carbocycles. The number of carbonyl (C=O) groups excluding carboxylic acids is 1. The van der Waals surface area contributed by atoms with Gasteiger partial charge in [-0.2, -0.15) is 0 Å². The second kappa shape index (κ2) is 9.84. The van der Waals surface area contributed by atoms with Gasteiger partial charge in [-0.15, -0.1) is 0 Å². The molecule has 4 aromatic rings. The molecule has 0 aliphatic heterocycles. The molecule has 1 N–H and O–H groups in total. The number of aryl methyl sites for hydroxylation is 1. The van der Waals surface area contributed by atoms with Crippen LogP contribution in [-0.4, -0.2) is 41.9 Å². The molecule has 176 valence electrons. The van der Waals surface area contributed by atoms with Gasteiger partial charge in [-0.1, -0.05) is 35.0 Å². The van der Waals surface area contributed by atoms with E-state index in [2.05, 4.69) is 15.5 Å². The largest absolute Gasteiger partial charge is 0.493 e. The molecule has 0 atom stereocenters. The fraction of sp³-hybridized carbons (Fsp3) is 0.217. The Morgan fingerprint density at radius 2 is 1.82 bits per heavy atom. The van der Waals surface area contributed by atoms with E-state index >= 15 is 0 Å². The van der Waals surface area contributed by atoms with E-state index in [1.165, 1.54) is 32.2 Å². The van der Waals surface area contributed by atoms with E-state index in [0.29, 0.717) is 39.2 Å². The van der Waals surface area contributed by atoms with E-state index in [1.54, 1.807) is 36.4 Å². The highest BCUT2D eigenvalue weighted by Gasteiger charge is 2.19. The molecule has 0 aliphatic carbocycles. The third-order valence-electron chi connectivity index (χ3n) is 5.12. The fourth-order valence-corrected chi connectivity index (χ4v) is 3.70. The van der Waals surface area contributed by atoms with Crippen molar-refractivity contribution in [2.45, 2.75) is 13.0 Å². The Hall–Kier alpha value is -4.05. The molecule has 34 heavy (non-hydrogen) atoms. The maximum Gasteiger partial charge on any atom is 0.266 e. The van der Waals surface area contributed by atoms with Gasteiger partial charge in [0.1, 0.15) is 17.4 Å². The number of carbonyl (C=O) groups is 1. The van der Waals surface area contributed by atoms with Crippen LogP contribution in [0.1, 0.15) is 6.42 Å². The first kappa shape index (κ1) is 23.1. The second-order valence-electron chi connectivity index (χ2n) is 7.15. The molecule has 0 saturated heterocycles. The van der Waals surface area contributed by atoms with Gasteiger partial charge < -0.3 is 24.1 Å². The smallest absolute Gasteiger partial charge is 0.266 e. The van der Waals surface area contributed by atoms with Gasteiger partial charge in [-0.05, 0) is 6.07 Å². The molecular formula is C23H21ClN4O6. The Kier molecular flexibility index (Phi) is 6.69. The number of benzene rings is 2. The van der Waals surface area contributed by atoms with Crippen LogP contribution in [0.3, 0.4) is 0 Å². The van der Waals surface area contributed by atoms with Crippen molar-refractivity contribution in [1.29, 1.82) is 0 Å². The number of anilines is 1. The van der Waals surface area contributed by atoms with Crippen molar-refractivity contribution in [3.8, 4) is 28.5 Å². The van der Waals surface area contributed by atoms with Crippen molar-refractivity contribution >= 4 is 34.3 Å². The summed E-state index contributed by atoms with van der Waals surface area (Å²) in [4.78, 5) is 29.9. The highest BCUT2D eigenvalue weighted by Crippen LogP contribution is 2.40. The van der Waals surface area contributed by atoms with Crippen molar-refractivity contribution < 1.29 is 23.5 Å². The number of halogens is 1. The zero-order valence-corrected chi connectivity index (χ0v) is 19.4. The number of aromatic nitrogens is 3. The summed E-state index contributed by atoms with van der Waals surface area (Å²) in [5.41, 5.74) is 1.02. The molecule has 1 amide bonds. The Bertz CT molecular complexity index is 1390. The van der Waals surface area contributed by atoms with E-state index in [0.717, 1.165) is 0 Å². The first-order valence-electron chi connectivity index (χ1n) is 10.2. The molecule has 11 heteroatoms. The number of amides is 1. The molecule has 2 heterocycles. The predicted molar refractivity (Wildman–Crippen MR) is 126 cm³/mol. The average Bonchev–Trinajstić information content (AvgIpc) is 3.28. The molecular weight excluding hydrogens is 464 g/mol. The molecule has 0 bridgehead atoms. The lowest BCUT2D eigenvalue weighted by atomic mass is 10.1. The lowest BCUT2D eigenvalue weighted by molar-refractivity contribution is -0.116. The highest BCUT2D eigenvalue weighted by molar-refractivity contribution is 6.33. The molecule has 0 radical (unpaired) electrons. The lowest BCUT2D eigenvalue weighted by Crippen LogP contribution is -2.23. The number of hydrogen-bond acceptors (Lipinski definition) is 8. The van der Waals surface area contributed by atoms with Crippen LogP contribution in [-0.2, 0) is 11.3 Å². The third kappa shape index (κ3) is 4.40. The molecule has 0 fully saturated rings. The minimum absolute atomic E-state index is 0.0104. The zero-order valence-electron chi connectivity index (χ0n) is 18.6. The standard InChI is InChI=1S/C23H21ClN4O6/c1-31-16-10-13(11-17(32-2)21(16)33-3)26-18(29)8-9-28-12-25-22-19(23(28)30)20(27-34-22)14-6-4-5-7-15(14)24/h4-7,10-12H,8-9H2,1-3H3,(H,26,29). The van der Waals surface area contributed by atoms with Gasteiger partial charge in [0, 0.05) is 36.3 Å². The van der Waals surface area contributed by atoms with Crippen molar-refractivity contribution in [1.82, 2.24) is 14.7 Å². The number of nitrogens with zero attached hydrogens (tertiary/aromatic N) is 3. The van der Waals surface area contributed by atoms with Gasteiger partial charge in [-0.25, -0.2) is 4.98 Å². The van der Waals surface area contributed by atoms with Crippen molar-refractivity contribution in [2.75, 3.05) is 26.6 Å². The van der Waals surface area contributed by atoms with E-state index in [9.17, 15) is 9.59 Å². The number of fused-ring (bicyclic) bond motifs is 1. The van der Waals surface area contributed by atoms with Gasteiger partial charge in [0.25, 0.3) is 11.3 Å². The second-order valence-corrected chi connectivity index (χ2v) is 7.55. The molecule has 4 rings (SSSR count). The lowest BCUT2D eigenvalue weighted by Gasteiger charge is -2.14. The fourth-order valence-electron chi connectivity index (χ4n) is 3.48. The Morgan fingerprint density at radius 1 is 1.12 bits per heavy atom. The molecule has 0 aliphatic rings. The van der Waals surface area contributed by atoms with Crippen LogP contribution < -0.4 is 25.1 Å². The number of methoxy groups -OCH3 is 3. The van der Waals surface area contributed by atoms with Crippen LogP contribution in [0.25, 0.3) is 22.4 Å². The molecule has 0 spiro atoms. The van der Waals surface area contributed by atoms with Crippen LogP contribution in [0.15, 0.2) is 52.0 Å². The molecule has 2 aromatic heterocycles. The predicted octanol–water partition coefficient (Wildman–Crippen LogP) is 3.76. The molecule has 0 unspecified atom stereocenters. The molecule has 10 nitrogen and oxygen atoms in total. The Morgan fingerprint density at radius 3 is 2.47 bits per heavy atom. The quantitative estimate of drug-likeness (QED) is 0.401. The van der Waals surface area contributed by atoms with Crippen LogP contribution in [0.2, 0.25) is 5.02 Å². The average molecular weight is 485 g/mol. The van der Waals surface area contributed by atoms with E-state index in [4.69, 9.17) is 30.3 Å². The molecule has 0 saturated carbocycles. The monoisotopic (exact) mass is 484 g/mol. The summed E-state index contributed by atoms with van der Waals surface area (Å²) in [5, 5.41) is 7.37. The van der Waals surface area contributed by atoms with E-state index < -0.39 is 0 Å².